The minimum Gasteiger partial charge on any atom is -0.450 e. The van der Waals surface area contributed by atoms with Crippen LogP contribution in [0.4, 0.5) is 4.79 Å². The zero-order valence-electron chi connectivity index (χ0n) is 14.3. The third-order valence-electron chi connectivity index (χ3n) is 4.60. The van der Waals surface area contributed by atoms with Gasteiger partial charge >= 0.3 is 6.09 Å². The second-order valence-corrected chi connectivity index (χ2v) is 6.32. The molecule has 3 N–H and O–H groups in total. The molecule has 1 aliphatic rings. The molecule has 1 atom stereocenters. The van der Waals surface area contributed by atoms with Crippen molar-refractivity contribution in [3.8, 4) is 0 Å². The summed E-state index contributed by atoms with van der Waals surface area (Å²) in [5.41, 5.74) is 10.2. The van der Waals surface area contributed by atoms with Crippen molar-refractivity contribution in [3.63, 3.8) is 0 Å². The van der Waals surface area contributed by atoms with Crippen molar-refractivity contribution < 1.29 is 14.6 Å². The normalized spacial score (nSPS) is 15.4. The molecule has 0 bridgehead atoms. The summed E-state index contributed by atoms with van der Waals surface area (Å²) in [7, 11) is 0. The van der Waals surface area contributed by atoms with Gasteiger partial charge in [0, 0.05) is 41.7 Å². The van der Waals surface area contributed by atoms with E-state index in [2.05, 4.69) is 29.7 Å². The quantitative estimate of drug-likeness (QED) is 0.895. The predicted molar refractivity (Wildman–Crippen MR) is 92.9 cm³/mol. The Hall–Kier alpha value is -2.05. The molecular formula is C18H25N3O3. The molecule has 0 fully saturated rings. The van der Waals surface area contributed by atoms with Gasteiger partial charge in [-0.05, 0) is 26.0 Å². The zero-order valence-corrected chi connectivity index (χ0v) is 14.3. The van der Waals surface area contributed by atoms with Crippen LogP contribution in [0.5, 0.6) is 0 Å². The average Bonchev–Trinajstić information content (AvgIpc) is 2.87. The molecule has 6 nitrogen and oxygen atoms in total. The standard InChI is InChI=1S/C18H25N3O3/c1-3-24-18(23)20-7-6-17-15(11-20)14-8-12(2)4-5-16(14)21(17)10-13(22)9-19/h4-5,8,13,22H,3,6-7,9-11,19H2,1-2H3. The second kappa shape index (κ2) is 6.83. The molecule has 0 radical (unpaired) electrons. The van der Waals surface area contributed by atoms with Crippen LogP contribution in [-0.2, 0) is 24.2 Å². The smallest absolute Gasteiger partial charge is 0.410 e. The third kappa shape index (κ3) is 2.99. The number of aromatic nitrogens is 1. The Morgan fingerprint density at radius 3 is 2.96 bits per heavy atom. The van der Waals surface area contributed by atoms with Crippen LogP contribution < -0.4 is 5.73 Å². The number of nitrogens with zero attached hydrogens (tertiary/aromatic N) is 2. The SMILES string of the molecule is CCOC(=O)N1CCc2c(c3cc(C)ccc3n2CC(O)CN)C1. The van der Waals surface area contributed by atoms with Gasteiger partial charge < -0.3 is 25.0 Å². The molecule has 2 heterocycles. The van der Waals surface area contributed by atoms with E-state index in [-0.39, 0.29) is 12.6 Å². The number of carbonyl (C=O) groups is 1. The largest absolute Gasteiger partial charge is 0.450 e. The number of ether oxygens (including phenoxy) is 1. The minimum absolute atomic E-state index is 0.231. The summed E-state index contributed by atoms with van der Waals surface area (Å²) in [4.78, 5) is 13.8. The van der Waals surface area contributed by atoms with Crippen LogP contribution in [0.1, 0.15) is 23.7 Å². The summed E-state index contributed by atoms with van der Waals surface area (Å²) in [6.45, 7) is 6.13. The summed E-state index contributed by atoms with van der Waals surface area (Å²) in [6.07, 6.45) is -0.0908. The van der Waals surface area contributed by atoms with Gasteiger partial charge in [-0.3, -0.25) is 0 Å². The highest BCUT2D eigenvalue weighted by Crippen LogP contribution is 2.32. The lowest BCUT2D eigenvalue weighted by molar-refractivity contribution is 0.102. The van der Waals surface area contributed by atoms with E-state index in [0.717, 1.165) is 22.9 Å². The number of aliphatic hydroxyl groups excluding tert-OH is 1. The Bertz CT molecular complexity index is 754. The maximum Gasteiger partial charge on any atom is 0.410 e. The predicted octanol–water partition coefficient (Wildman–Crippen LogP) is 1.78. The lowest BCUT2D eigenvalue weighted by Gasteiger charge is -2.27. The number of fused-ring (bicyclic) bond motifs is 3. The molecule has 0 saturated heterocycles. The molecule has 0 saturated carbocycles. The van der Waals surface area contributed by atoms with Gasteiger partial charge in [0.25, 0.3) is 0 Å². The first-order valence-electron chi connectivity index (χ1n) is 8.45. The van der Waals surface area contributed by atoms with E-state index in [1.807, 2.05) is 6.92 Å². The van der Waals surface area contributed by atoms with Gasteiger partial charge in [-0.1, -0.05) is 11.6 Å². The van der Waals surface area contributed by atoms with E-state index in [4.69, 9.17) is 10.5 Å². The highest BCUT2D eigenvalue weighted by Gasteiger charge is 2.27. The molecule has 0 aliphatic carbocycles. The molecule has 1 aromatic heterocycles. The second-order valence-electron chi connectivity index (χ2n) is 6.32. The molecule has 3 rings (SSSR count). The van der Waals surface area contributed by atoms with E-state index < -0.39 is 6.10 Å². The van der Waals surface area contributed by atoms with Crippen molar-refractivity contribution >= 4 is 17.0 Å². The Morgan fingerprint density at radius 2 is 2.25 bits per heavy atom. The van der Waals surface area contributed by atoms with Crippen molar-refractivity contribution in [2.75, 3.05) is 19.7 Å². The zero-order chi connectivity index (χ0) is 17.3. The topological polar surface area (TPSA) is 80.7 Å². The van der Waals surface area contributed by atoms with Gasteiger partial charge in [-0.25, -0.2) is 4.79 Å². The van der Waals surface area contributed by atoms with Crippen molar-refractivity contribution in [1.82, 2.24) is 9.47 Å². The lowest BCUT2D eigenvalue weighted by Crippen LogP contribution is -2.37. The summed E-state index contributed by atoms with van der Waals surface area (Å²) >= 11 is 0. The minimum atomic E-state index is -0.575. The van der Waals surface area contributed by atoms with Gasteiger partial charge in [0.15, 0.2) is 0 Å². The monoisotopic (exact) mass is 331 g/mol. The molecule has 1 aliphatic heterocycles. The van der Waals surface area contributed by atoms with Crippen LogP contribution in [0.3, 0.4) is 0 Å². The number of aliphatic hydroxyl groups is 1. The molecule has 1 unspecified atom stereocenters. The highest BCUT2D eigenvalue weighted by molar-refractivity contribution is 5.87. The van der Waals surface area contributed by atoms with Gasteiger partial charge in [0.1, 0.15) is 0 Å². The van der Waals surface area contributed by atoms with Crippen LogP contribution in [-0.4, -0.2) is 46.5 Å². The molecular weight excluding hydrogens is 306 g/mol. The van der Waals surface area contributed by atoms with E-state index in [9.17, 15) is 9.90 Å². The fourth-order valence-electron chi connectivity index (χ4n) is 3.43. The van der Waals surface area contributed by atoms with Crippen LogP contribution in [0, 0.1) is 6.92 Å². The van der Waals surface area contributed by atoms with Crippen LogP contribution >= 0.6 is 0 Å². The molecule has 0 spiro atoms. The van der Waals surface area contributed by atoms with E-state index in [1.54, 1.807) is 4.90 Å². The summed E-state index contributed by atoms with van der Waals surface area (Å²) < 4.78 is 7.30. The Balaban J connectivity index is 2.04. The van der Waals surface area contributed by atoms with Crippen molar-refractivity contribution in [1.29, 1.82) is 0 Å². The van der Waals surface area contributed by atoms with Crippen molar-refractivity contribution in [2.24, 2.45) is 5.73 Å². The van der Waals surface area contributed by atoms with Crippen LogP contribution in [0.25, 0.3) is 10.9 Å². The number of hydrogen-bond acceptors (Lipinski definition) is 4. The lowest BCUT2D eigenvalue weighted by atomic mass is 10.0. The number of amides is 1. The van der Waals surface area contributed by atoms with E-state index >= 15 is 0 Å². The number of rotatable bonds is 4. The van der Waals surface area contributed by atoms with Crippen molar-refractivity contribution in [3.05, 3.63) is 35.0 Å². The molecule has 130 valence electrons. The maximum absolute atomic E-state index is 12.1. The average molecular weight is 331 g/mol. The molecule has 24 heavy (non-hydrogen) atoms. The van der Waals surface area contributed by atoms with Gasteiger partial charge in [-0.2, -0.15) is 0 Å². The number of carbonyl (C=O) groups excluding carboxylic acids is 1. The van der Waals surface area contributed by atoms with Crippen molar-refractivity contribution in [2.45, 2.75) is 39.5 Å². The molecule has 1 amide bonds. The first-order chi connectivity index (χ1) is 11.5. The fraction of sp³-hybridized carbons (Fsp3) is 0.500. The summed E-state index contributed by atoms with van der Waals surface area (Å²) in [5.74, 6) is 0. The first kappa shape index (κ1) is 16.8. The van der Waals surface area contributed by atoms with Crippen LogP contribution in [0.2, 0.25) is 0 Å². The number of benzene rings is 1. The number of nitrogens with two attached hydrogens (primary N) is 1. The van der Waals surface area contributed by atoms with Gasteiger partial charge in [-0.15, -0.1) is 0 Å². The third-order valence-corrected chi connectivity index (χ3v) is 4.60. The summed E-state index contributed by atoms with van der Waals surface area (Å²) in [6, 6.07) is 6.30. The molecule has 2 aromatic rings. The van der Waals surface area contributed by atoms with Crippen LogP contribution in [0.15, 0.2) is 18.2 Å². The number of hydrogen-bond donors (Lipinski definition) is 2. The highest BCUT2D eigenvalue weighted by atomic mass is 16.6. The molecule has 6 heteroatoms. The Kier molecular flexibility index (Phi) is 4.78. The Labute approximate surface area is 141 Å². The Morgan fingerprint density at radius 1 is 1.46 bits per heavy atom. The first-order valence-corrected chi connectivity index (χ1v) is 8.45. The summed E-state index contributed by atoms with van der Waals surface area (Å²) in [5, 5.41) is 11.2. The van der Waals surface area contributed by atoms with Gasteiger partial charge in [0.05, 0.1) is 25.8 Å². The maximum atomic E-state index is 12.1. The fourth-order valence-corrected chi connectivity index (χ4v) is 3.43. The van der Waals surface area contributed by atoms with Gasteiger partial charge in [0.2, 0.25) is 0 Å². The van der Waals surface area contributed by atoms with E-state index in [1.165, 1.54) is 11.3 Å². The number of aryl methyl sites for hydroxylation is 1. The molecule has 1 aromatic carbocycles. The van der Waals surface area contributed by atoms with E-state index in [0.29, 0.717) is 26.2 Å².